The first-order chi connectivity index (χ1) is 29.4. The van der Waals surface area contributed by atoms with Crippen LogP contribution in [0.5, 0.6) is 0 Å². The lowest BCUT2D eigenvalue weighted by atomic mass is 9.69. The lowest BCUT2D eigenvalue weighted by molar-refractivity contribution is 0.590. The SMILES string of the molecule is CC(C)(C)c1ccc(N(c2ccccc2-c2cccc3ccccc23)c2cccc3c2-c2ccc4ccccc4c2C32c3ccccc3-c3c2ccc2ccccc32)cc1. The maximum atomic E-state index is 2.54. The molecule has 10 aromatic rings. The molecule has 0 radical (unpaired) electrons. The van der Waals surface area contributed by atoms with Gasteiger partial charge in [-0.3, -0.25) is 0 Å². The summed E-state index contributed by atoms with van der Waals surface area (Å²) in [6, 6.07) is 77.5. The van der Waals surface area contributed by atoms with Crippen molar-refractivity contribution in [1.82, 2.24) is 0 Å². The molecule has 60 heavy (non-hydrogen) atoms. The summed E-state index contributed by atoms with van der Waals surface area (Å²) in [6.45, 7) is 6.88. The lowest BCUT2D eigenvalue weighted by Gasteiger charge is -2.33. The molecular formula is C59H43N. The van der Waals surface area contributed by atoms with Crippen LogP contribution in [0.3, 0.4) is 0 Å². The number of anilines is 3. The van der Waals surface area contributed by atoms with Gasteiger partial charge in [0, 0.05) is 16.8 Å². The number of rotatable bonds is 4. The molecule has 2 aliphatic rings. The number of fused-ring (bicyclic) bond motifs is 15. The van der Waals surface area contributed by atoms with Crippen LogP contribution in [0.25, 0.3) is 65.7 Å². The highest BCUT2D eigenvalue weighted by molar-refractivity contribution is 6.12. The van der Waals surface area contributed by atoms with Crippen molar-refractivity contribution in [3.63, 3.8) is 0 Å². The zero-order valence-corrected chi connectivity index (χ0v) is 34.1. The molecule has 0 heterocycles. The second kappa shape index (κ2) is 12.9. The topological polar surface area (TPSA) is 3.24 Å². The van der Waals surface area contributed by atoms with Crippen LogP contribution in [-0.4, -0.2) is 0 Å². The smallest absolute Gasteiger partial charge is 0.0732 e. The van der Waals surface area contributed by atoms with E-state index in [2.05, 4.69) is 232 Å². The van der Waals surface area contributed by atoms with Gasteiger partial charge < -0.3 is 4.90 Å². The van der Waals surface area contributed by atoms with Crippen LogP contribution in [0.4, 0.5) is 17.1 Å². The predicted octanol–water partition coefficient (Wildman–Crippen LogP) is 15.9. The number of nitrogens with zero attached hydrogens (tertiary/aromatic N) is 1. The minimum absolute atomic E-state index is 0.0258. The monoisotopic (exact) mass is 765 g/mol. The number of hydrogen-bond acceptors (Lipinski definition) is 1. The fourth-order valence-electron chi connectivity index (χ4n) is 10.8. The summed E-state index contributed by atoms with van der Waals surface area (Å²) in [7, 11) is 0. The minimum atomic E-state index is -0.533. The van der Waals surface area contributed by atoms with Crippen molar-refractivity contribution in [3.05, 3.63) is 234 Å². The standard InChI is InChI=1S/C59H43N/c1-58(2,3)41-32-34-42(35-33-41)60(53-28-13-11-23-47(53)46-25-14-19-38-16-4-7-20-43(38)46)54-29-15-27-51-56(54)49-36-30-40-18-6-9-22-45(40)57(49)59(51)50-26-12-10-24-48(50)55-44-21-8-5-17-39(44)31-37-52(55)59/h4-37H,1-3H3. The third kappa shape index (κ3) is 4.81. The molecule has 12 rings (SSSR count). The first-order valence-corrected chi connectivity index (χ1v) is 21.2. The molecule has 0 saturated heterocycles. The van der Waals surface area contributed by atoms with Crippen LogP contribution in [0.2, 0.25) is 0 Å². The van der Waals surface area contributed by atoms with Crippen molar-refractivity contribution in [1.29, 1.82) is 0 Å². The summed E-state index contributed by atoms with van der Waals surface area (Å²) in [5.41, 5.74) is 17.3. The molecule has 1 atom stereocenters. The van der Waals surface area contributed by atoms with Gasteiger partial charge in [-0.25, -0.2) is 0 Å². The molecule has 0 N–H and O–H groups in total. The Morgan fingerprint density at radius 1 is 0.350 bits per heavy atom. The predicted molar refractivity (Wildman–Crippen MR) is 254 cm³/mol. The van der Waals surface area contributed by atoms with Gasteiger partial charge in [-0.05, 0) is 112 Å². The van der Waals surface area contributed by atoms with Crippen LogP contribution in [0, 0.1) is 0 Å². The highest BCUT2D eigenvalue weighted by Crippen LogP contribution is 2.67. The Morgan fingerprint density at radius 3 is 1.67 bits per heavy atom. The molecular weight excluding hydrogens is 723 g/mol. The molecule has 284 valence electrons. The molecule has 0 aliphatic heterocycles. The van der Waals surface area contributed by atoms with Gasteiger partial charge >= 0.3 is 0 Å². The first-order valence-electron chi connectivity index (χ1n) is 21.2. The van der Waals surface area contributed by atoms with Crippen LogP contribution in [0.1, 0.15) is 48.6 Å². The molecule has 10 aromatic carbocycles. The molecule has 0 bridgehead atoms. The van der Waals surface area contributed by atoms with Gasteiger partial charge in [0.1, 0.15) is 0 Å². The fraction of sp³-hybridized carbons (Fsp3) is 0.0847. The van der Waals surface area contributed by atoms with Crippen LogP contribution in [-0.2, 0) is 10.8 Å². The minimum Gasteiger partial charge on any atom is -0.309 e. The van der Waals surface area contributed by atoms with E-state index in [1.807, 2.05) is 0 Å². The molecule has 1 unspecified atom stereocenters. The summed E-state index contributed by atoms with van der Waals surface area (Å²) in [5.74, 6) is 0. The summed E-state index contributed by atoms with van der Waals surface area (Å²) >= 11 is 0. The van der Waals surface area contributed by atoms with E-state index in [4.69, 9.17) is 0 Å². The molecule has 2 aliphatic carbocycles. The van der Waals surface area contributed by atoms with Crippen molar-refractivity contribution in [2.24, 2.45) is 0 Å². The van der Waals surface area contributed by atoms with Gasteiger partial charge in [0.05, 0.1) is 16.8 Å². The molecule has 0 amide bonds. The Hall–Kier alpha value is -7.22. The van der Waals surface area contributed by atoms with Gasteiger partial charge in [0.25, 0.3) is 0 Å². The van der Waals surface area contributed by atoms with Gasteiger partial charge in [-0.15, -0.1) is 0 Å². The van der Waals surface area contributed by atoms with E-state index >= 15 is 0 Å². The Bertz CT molecular complexity index is 3360. The van der Waals surface area contributed by atoms with Gasteiger partial charge in [-0.1, -0.05) is 203 Å². The third-order valence-corrected chi connectivity index (χ3v) is 13.4. The zero-order chi connectivity index (χ0) is 40.2. The maximum Gasteiger partial charge on any atom is 0.0732 e. The van der Waals surface area contributed by atoms with Crippen LogP contribution < -0.4 is 4.90 Å². The second-order valence-electron chi connectivity index (χ2n) is 17.6. The highest BCUT2D eigenvalue weighted by Gasteiger charge is 2.53. The normalized spacial score (nSPS) is 15.0. The fourth-order valence-corrected chi connectivity index (χ4v) is 10.8. The maximum absolute atomic E-state index is 2.54. The van der Waals surface area contributed by atoms with E-state index in [9.17, 15) is 0 Å². The molecule has 1 heteroatoms. The van der Waals surface area contributed by atoms with E-state index in [0.29, 0.717) is 0 Å². The summed E-state index contributed by atoms with van der Waals surface area (Å²) in [4.78, 5) is 2.54. The van der Waals surface area contributed by atoms with Crippen molar-refractivity contribution in [2.75, 3.05) is 4.90 Å². The van der Waals surface area contributed by atoms with Crippen molar-refractivity contribution in [3.8, 4) is 33.4 Å². The third-order valence-electron chi connectivity index (χ3n) is 13.4. The van der Waals surface area contributed by atoms with Crippen molar-refractivity contribution in [2.45, 2.75) is 31.6 Å². The zero-order valence-electron chi connectivity index (χ0n) is 34.1. The summed E-state index contributed by atoms with van der Waals surface area (Å²) in [6.07, 6.45) is 0. The quantitative estimate of drug-likeness (QED) is 0.172. The van der Waals surface area contributed by atoms with E-state index in [0.717, 1.165) is 11.4 Å². The van der Waals surface area contributed by atoms with Crippen molar-refractivity contribution >= 4 is 49.4 Å². The van der Waals surface area contributed by atoms with Gasteiger partial charge in [0.2, 0.25) is 0 Å². The Balaban J connectivity index is 1.22. The van der Waals surface area contributed by atoms with E-state index < -0.39 is 5.41 Å². The lowest BCUT2D eigenvalue weighted by Crippen LogP contribution is -2.26. The van der Waals surface area contributed by atoms with Crippen LogP contribution in [0.15, 0.2) is 206 Å². The van der Waals surface area contributed by atoms with Gasteiger partial charge in [-0.2, -0.15) is 0 Å². The number of benzene rings is 10. The highest BCUT2D eigenvalue weighted by atomic mass is 15.1. The van der Waals surface area contributed by atoms with E-state index in [-0.39, 0.29) is 5.41 Å². The van der Waals surface area contributed by atoms with Crippen LogP contribution >= 0.6 is 0 Å². The summed E-state index contributed by atoms with van der Waals surface area (Å²) in [5, 5.41) is 7.60. The first kappa shape index (κ1) is 34.8. The number of para-hydroxylation sites is 1. The molecule has 0 fully saturated rings. The summed E-state index contributed by atoms with van der Waals surface area (Å²) < 4.78 is 0. The average Bonchev–Trinajstić information content (AvgIpc) is 3.77. The molecule has 1 spiro atoms. The molecule has 1 nitrogen and oxygen atoms in total. The van der Waals surface area contributed by atoms with Gasteiger partial charge in [0.15, 0.2) is 0 Å². The molecule has 0 saturated carbocycles. The van der Waals surface area contributed by atoms with Crippen molar-refractivity contribution < 1.29 is 0 Å². The Morgan fingerprint density at radius 2 is 0.883 bits per heavy atom. The van der Waals surface area contributed by atoms with E-state index in [1.54, 1.807) is 0 Å². The second-order valence-corrected chi connectivity index (χ2v) is 17.6. The Labute approximate surface area is 351 Å². The average molecular weight is 766 g/mol. The Kier molecular flexibility index (Phi) is 7.47. The largest absolute Gasteiger partial charge is 0.309 e. The number of hydrogen-bond donors (Lipinski definition) is 0. The van der Waals surface area contributed by atoms with E-state index in [1.165, 1.54) is 99.2 Å². The molecule has 0 aromatic heterocycles.